The van der Waals surface area contributed by atoms with Crippen LogP contribution in [-0.2, 0) is 22.4 Å². The predicted octanol–water partition coefficient (Wildman–Crippen LogP) is 5.60. The summed E-state index contributed by atoms with van der Waals surface area (Å²) in [5.74, 6) is 0.747. The molecule has 0 atom stereocenters. The number of ketones is 1. The lowest BCUT2D eigenvalue weighted by Gasteiger charge is -2.30. The third-order valence-corrected chi connectivity index (χ3v) is 7.19. The number of H-pyrrole nitrogens is 1. The highest BCUT2D eigenvalue weighted by Crippen LogP contribution is 2.32. The minimum atomic E-state index is 0.258. The molecule has 0 amide bonds. The maximum atomic E-state index is 12.7. The zero-order valence-corrected chi connectivity index (χ0v) is 20.1. The number of hydrogen-bond donors (Lipinski definition) is 1. The van der Waals surface area contributed by atoms with Gasteiger partial charge in [0.2, 0.25) is 0 Å². The highest BCUT2D eigenvalue weighted by Gasteiger charge is 2.16. The largest absolute Gasteiger partial charge is 0.378 e. The summed E-state index contributed by atoms with van der Waals surface area (Å²) in [6, 6.07) is 15.0. The predicted molar refractivity (Wildman–Crippen MR) is 134 cm³/mol. The molecule has 1 aromatic heterocycles. The zero-order valence-electron chi connectivity index (χ0n) is 19.2. The van der Waals surface area contributed by atoms with Gasteiger partial charge in [0.25, 0.3) is 0 Å². The van der Waals surface area contributed by atoms with Gasteiger partial charge in [0, 0.05) is 42.0 Å². The van der Waals surface area contributed by atoms with E-state index in [1.165, 1.54) is 32.8 Å². The molecule has 0 spiro atoms. The standard InChI is InChI=1S/C27H32N2O2S/c1-4-24-26(17-28-27(24)22-8-5-19(2)6-9-22)32-18-23(30)16-21-7-10-25(20(3)15-21)29-11-13-31-14-12-29/h5-10,15,17,28H,4,11-14,16,18H2,1-3H3. The van der Waals surface area contributed by atoms with E-state index in [2.05, 4.69) is 73.1 Å². The van der Waals surface area contributed by atoms with E-state index in [0.29, 0.717) is 12.2 Å². The maximum Gasteiger partial charge on any atom is 0.147 e. The number of anilines is 1. The van der Waals surface area contributed by atoms with Gasteiger partial charge < -0.3 is 14.6 Å². The van der Waals surface area contributed by atoms with Crippen molar-refractivity contribution in [3.8, 4) is 11.3 Å². The third kappa shape index (κ3) is 5.28. The number of benzene rings is 2. The summed E-state index contributed by atoms with van der Waals surface area (Å²) in [5, 5.41) is 0. The average molecular weight is 449 g/mol. The van der Waals surface area contributed by atoms with Crippen LogP contribution in [0.1, 0.15) is 29.2 Å². The van der Waals surface area contributed by atoms with Gasteiger partial charge >= 0.3 is 0 Å². The van der Waals surface area contributed by atoms with Crippen LogP contribution in [-0.4, -0.2) is 42.8 Å². The van der Waals surface area contributed by atoms with Gasteiger partial charge in [-0.25, -0.2) is 0 Å². The summed E-state index contributed by atoms with van der Waals surface area (Å²) in [5.41, 5.74) is 8.48. The number of aromatic nitrogens is 1. The van der Waals surface area contributed by atoms with E-state index in [9.17, 15) is 4.79 Å². The topological polar surface area (TPSA) is 45.3 Å². The van der Waals surface area contributed by atoms with E-state index in [0.717, 1.165) is 44.0 Å². The molecular weight excluding hydrogens is 416 g/mol. The minimum absolute atomic E-state index is 0.258. The van der Waals surface area contributed by atoms with Crippen molar-refractivity contribution in [2.24, 2.45) is 0 Å². The van der Waals surface area contributed by atoms with Gasteiger partial charge in [-0.1, -0.05) is 48.9 Å². The number of carbonyl (C=O) groups is 1. The average Bonchev–Trinajstić information content (AvgIpc) is 3.22. The Labute approximate surface area is 195 Å². The number of aryl methyl sites for hydroxylation is 2. The Balaban J connectivity index is 1.38. The molecule has 0 radical (unpaired) electrons. The number of carbonyl (C=O) groups excluding carboxylic acids is 1. The van der Waals surface area contributed by atoms with Gasteiger partial charge in [0.05, 0.1) is 19.0 Å². The van der Waals surface area contributed by atoms with Crippen LogP contribution in [0, 0.1) is 13.8 Å². The Morgan fingerprint density at radius 1 is 1.09 bits per heavy atom. The van der Waals surface area contributed by atoms with Crippen molar-refractivity contribution in [1.82, 2.24) is 4.98 Å². The zero-order chi connectivity index (χ0) is 22.5. The molecule has 1 aliphatic rings. The van der Waals surface area contributed by atoms with Crippen LogP contribution in [0.2, 0.25) is 0 Å². The van der Waals surface area contributed by atoms with E-state index >= 15 is 0 Å². The van der Waals surface area contributed by atoms with Crippen molar-refractivity contribution in [3.63, 3.8) is 0 Å². The fourth-order valence-electron chi connectivity index (χ4n) is 4.32. The molecule has 168 valence electrons. The van der Waals surface area contributed by atoms with Crippen molar-refractivity contribution >= 4 is 23.2 Å². The van der Waals surface area contributed by atoms with E-state index in [1.54, 1.807) is 11.8 Å². The van der Waals surface area contributed by atoms with Gasteiger partial charge in [0.15, 0.2) is 0 Å². The van der Waals surface area contributed by atoms with E-state index in [1.807, 2.05) is 6.20 Å². The first kappa shape index (κ1) is 22.7. The Morgan fingerprint density at radius 2 is 1.84 bits per heavy atom. The van der Waals surface area contributed by atoms with Crippen LogP contribution in [0.3, 0.4) is 0 Å². The maximum absolute atomic E-state index is 12.7. The Kier molecular flexibility index (Phi) is 7.38. The number of ether oxygens (including phenoxy) is 1. The van der Waals surface area contributed by atoms with Gasteiger partial charge in [-0.15, -0.1) is 11.8 Å². The molecule has 5 heteroatoms. The van der Waals surface area contributed by atoms with Crippen LogP contribution in [0.15, 0.2) is 53.6 Å². The molecule has 1 aliphatic heterocycles. The molecule has 1 saturated heterocycles. The number of nitrogens with one attached hydrogen (secondary N) is 1. The van der Waals surface area contributed by atoms with Crippen molar-refractivity contribution in [2.75, 3.05) is 37.0 Å². The molecular formula is C27H32N2O2S. The molecule has 4 nitrogen and oxygen atoms in total. The number of morpholine rings is 1. The quantitative estimate of drug-likeness (QED) is 0.456. The van der Waals surface area contributed by atoms with Crippen molar-refractivity contribution in [1.29, 1.82) is 0 Å². The lowest BCUT2D eigenvalue weighted by molar-refractivity contribution is -0.116. The number of aromatic amines is 1. The molecule has 2 aromatic carbocycles. The number of thioether (sulfide) groups is 1. The van der Waals surface area contributed by atoms with Crippen LogP contribution >= 0.6 is 11.8 Å². The number of Topliss-reactive ketones (excluding diaryl/α,β-unsaturated/α-hetero) is 1. The fraction of sp³-hybridized carbons (Fsp3) is 0.370. The van der Waals surface area contributed by atoms with Crippen molar-refractivity contribution in [3.05, 3.63) is 70.9 Å². The molecule has 3 aromatic rings. The van der Waals surface area contributed by atoms with Gasteiger partial charge in [-0.2, -0.15) is 0 Å². The molecule has 2 heterocycles. The van der Waals surface area contributed by atoms with E-state index in [4.69, 9.17) is 4.74 Å². The summed E-state index contributed by atoms with van der Waals surface area (Å²) in [4.78, 5) is 19.7. The van der Waals surface area contributed by atoms with Gasteiger partial charge in [-0.3, -0.25) is 4.79 Å². The van der Waals surface area contributed by atoms with Gasteiger partial charge in [-0.05, 0) is 48.6 Å². The van der Waals surface area contributed by atoms with E-state index < -0.39 is 0 Å². The second-order valence-corrected chi connectivity index (χ2v) is 9.47. The lowest BCUT2D eigenvalue weighted by Crippen LogP contribution is -2.36. The summed E-state index contributed by atoms with van der Waals surface area (Å²) < 4.78 is 5.46. The summed E-state index contributed by atoms with van der Waals surface area (Å²) in [6.45, 7) is 9.82. The highest BCUT2D eigenvalue weighted by atomic mass is 32.2. The van der Waals surface area contributed by atoms with Crippen molar-refractivity contribution in [2.45, 2.75) is 38.5 Å². The Morgan fingerprint density at radius 3 is 2.53 bits per heavy atom. The van der Waals surface area contributed by atoms with Crippen LogP contribution in [0.5, 0.6) is 0 Å². The molecule has 0 unspecified atom stereocenters. The molecule has 0 aliphatic carbocycles. The number of hydrogen-bond acceptors (Lipinski definition) is 4. The lowest BCUT2D eigenvalue weighted by atomic mass is 10.0. The molecule has 4 rings (SSSR count). The second-order valence-electron chi connectivity index (χ2n) is 8.45. The van der Waals surface area contributed by atoms with E-state index in [-0.39, 0.29) is 5.78 Å². The SMILES string of the molecule is CCc1c(SCC(=O)Cc2ccc(N3CCOCC3)c(C)c2)c[nH]c1-c1ccc(C)cc1. The smallest absolute Gasteiger partial charge is 0.147 e. The molecule has 0 saturated carbocycles. The third-order valence-electron chi connectivity index (χ3n) is 6.04. The van der Waals surface area contributed by atoms with Crippen LogP contribution in [0.25, 0.3) is 11.3 Å². The number of rotatable bonds is 8. The Hall–Kier alpha value is -2.50. The fourth-order valence-corrected chi connectivity index (χ4v) is 5.30. The highest BCUT2D eigenvalue weighted by molar-refractivity contribution is 8.00. The summed E-state index contributed by atoms with van der Waals surface area (Å²) in [6.07, 6.45) is 3.46. The number of nitrogens with zero attached hydrogens (tertiary/aromatic N) is 1. The molecule has 1 N–H and O–H groups in total. The van der Waals surface area contributed by atoms with Gasteiger partial charge in [0.1, 0.15) is 5.78 Å². The molecule has 0 bridgehead atoms. The Bertz CT molecular complexity index is 1070. The first-order chi connectivity index (χ1) is 15.5. The first-order valence-corrected chi connectivity index (χ1v) is 12.4. The van der Waals surface area contributed by atoms with Crippen molar-refractivity contribution < 1.29 is 9.53 Å². The summed E-state index contributed by atoms with van der Waals surface area (Å²) >= 11 is 1.64. The molecule has 32 heavy (non-hydrogen) atoms. The summed E-state index contributed by atoms with van der Waals surface area (Å²) in [7, 11) is 0. The normalized spacial score (nSPS) is 14.0. The monoisotopic (exact) mass is 448 g/mol. The van der Waals surface area contributed by atoms with Crippen LogP contribution < -0.4 is 4.90 Å². The van der Waals surface area contributed by atoms with Crippen LogP contribution in [0.4, 0.5) is 5.69 Å². The second kappa shape index (κ2) is 10.4. The first-order valence-electron chi connectivity index (χ1n) is 11.4. The molecule has 1 fully saturated rings. The minimum Gasteiger partial charge on any atom is -0.378 e.